The summed E-state index contributed by atoms with van der Waals surface area (Å²) in [6.45, 7) is 2.46. The first-order valence-electron chi connectivity index (χ1n) is 8.45. The number of hydrogen-bond donors (Lipinski definition) is 0. The molecule has 0 unspecified atom stereocenters. The monoisotopic (exact) mass is 352 g/mol. The molecule has 0 atom stereocenters. The summed E-state index contributed by atoms with van der Waals surface area (Å²) in [6.07, 6.45) is 4.41. The Balaban J connectivity index is 1.50. The van der Waals surface area contributed by atoms with Crippen LogP contribution < -0.4 is 9.47 Å². The van der Waals surface area contributed by atoms with Crippen LogP contribution in [0.1, 0.15) is 16.8 Å². The maximum absolute atomic E-state index is 5.40. The molecule has 134 valence electrons. The number of methoxy groups -OCH3 is 2. The van der Waals surface area contributed by atoms with Crippen LogP contribution in [-0.2, 0) is 19.5 Å². The molecule has 7 heteroatoms. The first kappa shape index (κ1) is 16.5. The molecule has 4 rings (SSSR count). The number of furan rings is 1. The van der Waals surface area contributed by atoms with E-state index < -0.39 is 0 Å². The van der Waals surface area contributed by atoms with Gasteiger partial charge in [-0.05, 0) is 18.2 Å². The summed E-state index contributed by atoms with van der Waals surface area (Å²) < 4.78 is 16.0. The highest BCUT2D eigenvalue weighted by atomic mass is 16.5. The molecule has 0 radical (unpaired) electrons. The lowest BCUT2D eigenvalue weighted by molar-refractivity contribution is 0.237. The van der Waals surface area contributed by atoms with E-state index in [1.165, 1.54) is 0 Å². The molecule has 1 aliphatic rings. The number of pyridine rings is 1. The predicted molar refractivity (Wildman–Crippen MR) is 94.9 cm³/mol. The van der Waals surface area contributed by atoms with E-state index in [1.54, 1.807) is 20.5 Å². The highest BCUT2D eigenvalue weighted by Crippen LogP contribution is 2.25. The molecule has 3 aromatic rings. The smallest absolute Gasteiger partial charge is 0.220 e. The molecular weight excluding hydrogens is 332 g/mol. The van der Waals surface area contributed by atoms with Gasteiger partial charge in [-0.2, -0.15) is 4.98 Å². The van der Waals surface area contributed by atoms with E-state index in [2.05, 4.69) is 19.9 Å². The van der Waals surface area contributed by atoms with Gasteiger partial charge in [0.1, 0.15) is 0 Å². The van der Waals surface area contributed by atoms with E-state index in [4.69, 9.17) is 13.9 Å². The molecule has 7 nitrogen and oxygen atoms in total. The fraction of sp³-hybridized carbons (Fsp3) is 0.316. The Kier molecular flexibility index (Phi) is 4.53. The van der Waals surface area contributed by atoms with E-state index in [0.717, 1.165) is 42.9 Å². The summed E-state index contributed by atoms with van der Waals surface area (Å²) in [5, 5.41) is 0. The standard InChI is InChI=1S/C19H20N4O3/c1-24-17-6-5-13(19(22-17)25-2)11-23-8-7-15-14(12-23)10-20-18(21-15)16-4-3-9-26-16/h3-6,9-10H,7-8,11-12H2,1-2H3. The minimum atomic E-state index is 0.549. The van der Waals surface area contributed by atoms with E-state index in [9.17, 15) is 0 Å². The topological polar surface area (TPSA) is 73.5 Å². The molecule has 0 spiro atoms. The Morgan fingerprint density at radius 2 is 2.08 bits per heavy atom. The summed E-state index contributed by atoms with van der Waals surface area (Å²) in [5.74, 6) is 2.49. The molecule has 1 aliphatic heterocycles. The maximum Gasteiger partial charge on any atom is 0.220 e. The van der Waals surface area contributed by atoms with Crippen LogP contribution in [0.5, 0.6) is 11.8 Å². The summed E-state index contributed by atoms with van der Waals surface area (Å²) in [7, 11) is 3.22. The van der Waals surface area contributed by atoms with Gasteiger partial charge in [0.25, 0.3) is 0 Å². The third kappa shape index (κ3) is 3.25. The van der Waals surface area contributed by atoms with Gasteiger partial charge in [0.05, 0.1) is 26.2 Å². The van der Waals surface area contributed by atoms with Gasteiger partial charge in [-0.3, -0.25) is 4.90 Å². The average Bonchev–Trinajstić information content (AvgIpc) is 3.22. The second kappa shape index (κ2) is 7.13. The Bertz CT molecular complexity index is 896. The Morgan fingerprint density at radius 3 is 2.85 bits per heavy atom. The van der Waals surface area contributed by atoms with Crippen LogP contribution in [0.15, 0.2) is 41.1 Å². The van der Waals surface area contributed by atoms with Crippen molar-refractivity contribution < 1.29 is 13.9 Å². The van der Waals surface area contributed by atoms with Gasteiger partial charge in [-0.25, -0.2) is 9.97 Å². The molecule has 0 N–H and O–H groups in total. The number of aromatic nitrogens is 3. The normalized spacial score (nSPS) is 14.1. The SMILES string of the molecule is COc1ccc(CN2CCc3nc(-c4ccco4)ncc3C2)c(OC)n1. The van der Waals surface area contributed by atoms with Crippen LogP contribution in [0.3, 0.4) is 0 Å². The number of rotatable bonds is 5. The Labute approximate surface area is 151 Å². The van der Waals surface area contributed by atoms with Crippen LogP contribution >= 0.6 is 0 Å². The quantitative estimate of drug-likeness (QED) is 0.699. The lowest BCUT2D eigenvalue weighted by atomic mass is 10.1. The van der Waals surface area contributed by atoms with Crippen LogP contribution in [0.2, 0.25) is 0 Å². The van der Waals surface area contributed by atoms with Crippen molar-refractivity contribution >= 4 is 0 Å². The summed E-state index contributed by atoms with van der Waals surface area (Å²) in [5.41, 5.74) is 3.26. The van der Waals surface area contributed by atoms with Gasteiger partial charge in [0.2, 0.25) is 11.8 Å². The summed E-state index contributed by atoms with van der Waals surface area (Å²) in [6, 6.07) is 7.57. The summed E-state index contributed by atoms with van der Waals surface area (Å²) in [4.78, 5) is 15.8. The van der Waals surface area contributed by atoms with E-state index in [1.807, 2.05) is 30.5 Å². The number of hydrogen-bond acceptors (Lipinski definition) is 7. The molecule has 0 aliphatic carbocycles. The zero-order valence-corrected chi connectivity index (χ0v) is 14.8. The molecular formula is C19H20N4O3. The minimum absolute atomic E-state index is 0.549. The fourth-order valence-electron chi connectivity index (χ4n) is 3.14. The van der Waals surface area contributed by atoms with Crippen molar-refractivity contribution in [2.45, 2.75) is 19.5 Å². The molecule has 0 saturated heterocycles. The molecule has 0 amide bonds. The van der Waals surface area contributed by atoms with Gasteiger partial charge in [-0.15, -0.1) is 0 Å². The highest BCUT2D eigenvalue weighted by Gasteiger charge is 2.21. The first-order chi connectivity index (χ1) is 12.8. The molecule has 0 bridgehead atoms. The fourth-order valence-corrected chi connectivity index (χ4v) is 3.14. The summed E-state index contributed by atoms with van der Waals surface area (Å²) >= 11 is 0. The molecule has 0 saturated carbocycles. The lowest BCUT2D eigenvalue weighted by Crippen LogP contribution is -2.31. The van der Waals surface area contributed by atoms with Crippen molar-refractivity contribution in [3.63, 3.8) is 0 Å². The van der Waals surface area contributed by atoms with Crippen LogP contribution in [0.25, 0.3) is 11.6 Å². The maximum atomic E-state index is 5.40. The van der Waals surface area contributed by atoms with E-state index in [0.29, 0.717) is 23.3 Å². The van der Waals surface area contributed by atoms with Crippen LogP contribution in [0, 0.1) is 0 Å². The van der Waals surface area contributed by atoms with Gasteiger partial charge in [-0.1, -0.05) is 0 Å². The Morgan fingerprint density at radius 1 is 1.15 bits per heavy atom. The molecule has 0 aromatic carbocycles. The Hall–Kier alpha value is -2.93. The van der Waals surface area contributed by atoms with Crippen molar-refractivity contribution in [2.24, 2.45) is 0 Å². The van der Waals surface area contributed by atoms with Gasteiger partial charge >= 0.3 is 0 Å². The van der Waals surface area contributed by atoms with Crippen LogP contribution in [0.4, 0.5) is 0 Å². The highest BCUT2D eigenvalue weighted by molar-refractivity contribution is 5.47. The lowest BCUT2D eigenvalue weighted by Gasteiger charge is -2.28. The van der Waals surface area contributed by atoms with Crippen molar-refractivity contribution in [2.75, 3.05) is 20.8 Å². The average molecular weight is 352 g/mol. The van der Waals surface area contributed by atoms with Gasteiger partial charge < -0.3 is 13.9 Å². The van der Waals surface area contributed by atoms with Crippen LogP contribution in [-0.4, -0.2) is 40.6 Å². The molecule has 3 aromatic heterocycles. The van der Waals surface area contributed by atoms with Gasteiger partial charge in [0, 0.05) is 49.4 Å². The predicted octanol–water partition coefficient (Wildman–Crippen LogP) is 2.71. The zero-order valence-electron chi connectivity index (χ0n) is 14.8. The van der Waals surface area contributed by atoms with E-state index in [-0.39, 0.29) is 0 Å². The van der Waals surface area contributed by atoms with E-state index >= 15 is 0 Å². The third-order valence-electron chi connectivity index (χ3n) is 4.46. The first-order valence-corrected chi connectivity index (χ1v) is 8.45. The molecule has 26 heavy (non-hydrogen) atoms. The number of fused-ring (bicyclic) bond motifs is 1. The number of nitrogens with zero attached hydrogens (tertiary/aromatic N) is 4. The third-order valence-corrected chi connectivity index (χ3v) is 4.46. The van der Waals surface area contributed by atoms with Gasteiger partial charge in [0.15, 0.2) is 11.6 Å². The zero-order chi connectivity index (χ0) is 17.9. The largest absolute Gasteiger partial charge is 0.481 e. The minimum Gasteiger partial charge on any atom is -0.481 e. The van der Waals surface area contributed by atoms with Crippen molar-refractivity contribution in [1.29, 1.82) is 0 Å². The molecule has 4 heterocycles. The van der Waals surface area contributed by atoms with Crippen molar-refractivity contribution in [3.8, 4) is 23.3 Å². The second-order valence-electron chi connectivity index (χ2n) is 6.13. The molecule has 0 fully saturated rings. The van der Waals surface area contributed by atoms with Crippen molar-refractivity contribution in [1.82, 2.24) is 19.9 Å². The number of ether oxygens (including phenoxy) is 2. The second-order valence-corrected chi connectivity index (χ2v) is 6.13. The van der Waals surface area contributed by atoms with Crippen molar-refractivity contribution in [3.05, 3.63) is 53.5 Å².